The number of thioether (sulfide) groups is 1. The number of hydrogen-bond acceptors (Lipinski definition) is 7. The minimum Gasteiger partial charge on any atom is -0.494 e. The molecular formula is C26H30N4O3S2. The Morgan fingerprint density at radius 3 is 2.43 bits per heavy atom. The molecule has 7 nitrogen and oxygen atoms in total. The Bertz CT molecular complexity index is 1130. The topological polar surface area (TPSA) is 74.8 Å². The molecule has 1 aliphatic heterocycles. The molecule has 184 valence electrons. The van der Waals surface area contributed by atoms with Gasteiger partial charge in [-0.15, -0.1) is 23.1 Å². The molecule has 0 spiro atoms. The van der Waals surface area contributed by atoms with Crippen molar-refractivity contribution in [1.29, 1.82) is 0 Å². The summed E-state index contributed by atoms with van der Waals surface area (Å²) in [5, 5.41) is 3.44. The van der Waals surface area contributed by atoms with Gasteiger partial charge in [0.15, 0.2) is 5.13 Å². The monoisotopic (exact) mass is 510 g/mol. The van der Waals surface area contributed by atoms with Crippen LogP contribution in [-0.4, -0.2) is 66.0 Å². The molecule has 4 rings (SSSR count). The van der Waals surface area contributed by atoms with E-state index in [1.165, 1.54) is 28.8 Å². The van der Waals surface area contributed by atoms with Crippen molar-refractivity contribution in [3.63, 3.8) is 0 Å². The molecule has 2 aromatic carbocycles. The average molecular weight is 511 g/mol. The molecule has 0 aliphatic carbocycles. The molecule has 1 saturated heterocycles. The van der Waals surface area contributed by atoms with Crippen LogP contribution in [-0.2, 0) is 9.59 Å². The van der Waals surface area contributed by atoms with E-state index in [-0.39, 0.29) is 17.6 Å². The molecule has 0 bridgehead atoms. The Balaban J connectivity index is 1.20. The van der Waals surface area contributed by atoms with E-state index in [2.05, 4.69) is 27.3 Å². The Hall–Kier alpha value is -3.04. The maximum Gasteiger partial charge on any atom is 0.236 e. The normalized spacial score (nSPS) is 13.5. The second-order valence-corrected chi connectivity index (χ2v) is 10.3. The number of amides is 2. The summed E-state index contributed by atoms with van der Waals surface area (Å²) in [5.41, 5.74) is 3.02. The van der Waals surface area contributed by atoms with E-state index >= 15 is 0 Å². The van der Waals surface area contributed by atoms with Crippen molar-refractivity contribution < 1.29 is 14.3 Å². The van der Waals surface area contributed by atoms with E-state index in [4.69, 9.17) is 4.74 Å². The second kappa shape index (κ2) is 12.1. The molecule has 0 saturated carbocycles. The van der Waals surface area contributed by atoms with Gasteiger partial charge in [-0.3, -0.25) is 9.59 Å². The van der Waals surface area contributed by atoms with Crippen molar-refractivity contribution in [2.75, 3.05) is 54.5 Å². The van der Waals surface area contributed by atoms with Crippen LogP contribution >= 0.6 is 23.1 Å². The quantitative estimate of drug-likeness (QED) is 0.456. The molecule has 1 fully saturated rings. The molecule has 1 aromatic heterocycles. The minimum atomic E-state index is -0.149. The van der Waals surface area contributed by atoms with Crippen LogP contribution in [0.15, 0.2) is 54.6 Å². The number of aryl methyl sites for hydroxylation is 1. The first-order valence-electron chi connectivity index (χ1n) is 11.7. The van der Waals surface area contributed by atoms with E-state index in [0.717, 1.165) is 35.0 Å². The molecule has 9 heteroatoms. The first-order chi connectivity index (χ1) is 17.0. The lowest BCUT2D eigenvalue weighted by Crippen LogP contribution is -2.49. The van der Waals surface area contributed by atoms with E-state index in [0.29, 0.717) is 30.6 Å². The summed E-state index contributed by atoms with van der Waals surface area (Å²) in [6.07, 6.45) is 0. The molecule has 1 N–H and O–H groups in total. The molecule has 0 unspecified atom stereocenters. The van der Waals surface area contributed by atoms with Crippen molar-refractivity contribution in [2.24, 2.45) is 0 Å². The number of para-hydroxylation sites is 1. The van der Waals surface area contributed by atoms with Crippen LogP contribution in [0, 0.1) is 6.92 Å². The van der Waals surface area contributed by atoms with E-state index < -0.39 is 0 Å². The zero-order valence-electron chi connectivity index (χ0n) is 20.0. The van der Waals surface area contributed by atoms with Crippen LogP contribution in [0.25, 0.3) is 11.3 Å². The summed E-state index contributed by atoms with van der Waals surface area (Å²) >= 11 is 2.79. The van der Waals surface area contributed by atoms with Gasteiger partial charge in [0.05, 0.1) is 23.8 Å². The number of carbonyl (C=O) groups is 2. The first-order valence-corrected chi connectivity index (χ1v) is 13.7. The van der Waals surface area contributed by atoms with Crippen molar-refractivity contribution in [2.45, 2.75) is 13.8 Å². The fraction of sp³-hybridized carbons (Fsp3) is 0.346. The standard InChI is InChI=1S/C26H30N4O3S2/c1-3-33-22-11-9-20(10-12-22)25-19(2)35-26(28-25)27-23(31)17-34-18-24(32)30-15-13-29(14-16-30)21-7-5-4-6-8-21/h4-12H,3,13-18H2,1-2H3,(H,27,28,31). The smallest absolute Gasteiger partial charge is 0.236 e. The molecule has 2 heterocycles. The summed E-state index contributed by atoms with van der Waals surface area (Å²) in [6.45, 7) is 7.61. The Labute approximate surface area is 214 Å². The summed E-state index contributed by atoms with van der Waals surface area (Å²) in [6, 6.07) is 18.0. The zero-order valence-corrected chi connectivity index (χ0v) is 21.7. The summed E-state index contributed by atoms with van der Waals surface area (Å²) in [7, 11) is 0. The van der Waals surface area contributed by atoms with Gasteiger partial charge in [-0.1, -0.05) is 18.2 Å². The van der Waals surface area contributed by atoms with Crippen molar-refractivity contribution in [1.82, 2.24) is 9.88 Å². The van der Waals surface area contributed by atoms with Crippen molar-refractivity contribution >= 4 is 45.7 Å². The number of ether oxygens (including phenoxy) is 1. The van der Waals surface area contributed by atoms with Crippen LogP contribution in [0.3, 0.4) is 0 Å². The SMILES string of the molecule is CCOc1ccc(-c2nc(NC(=O)CSCC(=O)N3CCN(c4ccccc4)CC3)sc2C)cc1. The van der Waals surface area contributed by atoms with E-state index in [1.807, 2.05) is 61.2 Å². The van der Waals surface area contributed by atoms with Crippen LogP contribution in [0.4, 0.5) is 10.8 Å². The van der Waals surface area contributed by atoms with Crippen LogP contribution < -0.4 is 15.0 Å². The number of rotatable bonds is 9. The largest absolute Gasteiger partial charge is 0.494 e. The number of nitrogens with one attached hydrogen (secondary N) is 1. The number of carbonyl (C=O) groups excluding carboxylic acids is 2. The first kappa shape index (κ1) is 25.1. The van der Waals surface area contributed by atoms with Gasteiger partial charge in [0.1, 0.15) is 5.75 Å². The highest BCUT2D eigenvalue weighted by Crippen LogP contribution is 2.31. The number of aromatic nitrogens is 1. The predicted octanol–water partition coefficient (Wildman–Crippen LogP) is 4.54. The van der Waals surface area contributed by atoms with Gasteiger partial charge >= 0.3 is 0 Å². The third kappa shape index (κ3) is 6.76. The summed E-state index contributed by atoms with van der Waals surface area (Å²) in [5.74, 6) is 1.27. The molecule has 2 amide bonds. The maximum absolute atomic E-state index is 12.6. The summed E-state index contributed by atoms with van der Waals surface area (Å²) in [4.78, 5) is 34.8. The fourth-order valence-electron chi connectivity index (χ4n) is 3.92. The third-order valence-corrected chi connectivity index (χ3v) is 7.50. The maximum atomic E-state index is 12.6. The van der Waals surface area contributed by atoms with Crippen LogP contribution in [0.2, 0.25) is 0 Å². The minimum absolute atomic E-state index is 0.0818. The summed E-state index contributed by atoms with van der Waals surface area (Å²) < 4.78 is 5.49. The molecular weight excluding hydrogens is 480 g/mol. The second-order valence-electron chi connectivity index (χ2n) is 8.13. The third-order valence-electron chi connectivity index (χ3n) is 5.69. The van der Waals surface area contributed by atoms with Crippen molar-refractivity contribution in [3.8, 4) is 17.0 Å². The fourth-order valence-corrected chi connectivity index (χ4v) is 5.49. The van der Waals surface area contributed by atoms with Gasteiger partial charge in [-0.05, 0) is 50.2 Å². The molecule has 1 aliphatic rings. The van der Waals surface area contributed by atoms with Crippen LogP contribution in [0.1, 0.15) is 11.8 Å². The lowest BCUT2D eigenvalue weighted by Gasteiger charge is -2.36. The lowest BCUT2D eigenvalue weighted by atomic mass is 10.1. The van der Waals surface area contributed by atoms with Crippen molar-refractivity contribution in [3.05, 3.63) is 59.5 Å². The number of piperazine rings is 1. The molecule has 0 atom stereocenters. The van der Waals surface area contributed by atoms with Gasteiger partial charge in [0.2, 0.25) is 11.8 Å². The Kier molecular flexibility index (Phi) is 8.65. The van der Waals surface area contributed by atoms with E-state index in [1.54, 1.807) is 0 Å². The molecule has 0 radical (unpaired) electrons. The van der Waals surface area contributed by atoms with Crippen LogP contribution in [0.5, 0.6) is 5.75 Å². The predicted molar refractivity (Wildman–Crippen MR) is 145 cm³/mol. The number of hydrogen-bond donors (Lipinski definition) is 1. The van der Waals surface area contributed by atoms with Gasteiger partial charge in [-0.2, -0.15) is 0 Å². The van der Waals surface area contributed by atoms with E-state index in [9.17, 15) is 9.59 Å². The van der Waals surface area contributed by atoms with Gasteiger partial charge < -0.3 is 19.9 Å². The van der Waals surface area contributed by atoms with Gasteiger partial charge in [-0.25, -0.2) is 4.98 Å². The zero-order chi connectivity index (χ0) is 24.6. The number of benzene rings is 2. The highest BCUT2D eigenvalue weighted by molar-refractivity contribution is 8.00. The highest BCUT2D eigenvalue weighted by atomic mass is 32.2. The van der Waals surface area contributed by atoms with Gasteiger partial charge in [0, 0.05) is 42.3 Å². The molecule has 3 aromatic rings. The average Bonchev–Trinajstić information content (AvgIpc) is 3.24. The number of anilines is 2. The van der Waals surface area contributed by atoms with Gasteiger partial charge in [0.25, 0.3) is 0 Å². The number of thiazole rings is 1. The molecule has 35 heavy (non-hydrogen) atoms. The lowest BCUT2D eigenvalue weighted by molar-refractivity contribution is -0.128. The number of nitrogens with zero attached hydrogens (tertiary/aromatic N) is 3. The highest BCUT2D eigenvalue weighted by Gasteiger charge is 2.21. The Morgan fingerprint density at radius 1 is 1.03 bits per heavy atom. The Morgan fingerprint density at radius 2 is 1.74 bits per heavy atom.